The average molecular weight is 370 g/mol. The van der Waals surface area contributed by atoms with Crippen molar-refractivity contribution in [3.05, 3.63) is 75.6 Å². The van der Waals surface area contributed by atoms with Gasteiger partial charge in [0.1, 0.15) is 11.4 Å². The summed E-state index contributed by atoms with van der Waals surface area (Å²) in [6.45, 7) is -0.100. The zero-order chi connectivity index (χ0) is 19.1. The van der Waals surface area contributed by atoms with Gasteiger partial charge in [0.15, 0.2) is 5.82 Å². The van der Waals surface area contributed by atoms with Crippen molar-refractivity contribution < 1.29 is 18.7 Å². The number of carboxylic acid groups (broad SMARTS) is 1. The molecule has 5 nitrogen and oxygen atoms in total. The Bertz CT molecular complexity index is 1110. The number of fused-ring (bicyclic) bond motifs is 1. The fourth-order valence-electron chi connectivity index (χ4n) is 3.18. The number of benzene rings is 2. The molecule has 0 radical (unpaired) electrons. The lowest BCUT2D eigenvalue weighted by Crippen LogP contribution is -2.20. The molecule has 0 saturated heterocycles. The number of halogens is 2. The van der Waals surface area contributed by atoms with E-state index in [9.17, 15) is 19.1 Å². The highest BCUT2D eigenvalue weighted by Crippen LogP contribution is 2.38. The Balaban J connectivity index is 1.87. The van der Waals surface area contributed by atoms with Crippen LogP contribution in [-0.4, -0.2) is 15.6 Å². The molecule has 1 heterocycles. The van der Waals surface area contributed by atoms with Crippen LogP contribution < -0.4 is 10.7 Å². The van der Waals surface area contributed by atoms with Crippen LogP contribution in [0.2, 0.25) is 0 Å². The minimum atomic E-state index is -1.41. The number of pyridine rings is 1. The Morgan fingerprint density at radius 2 is 1.93 bits per heavy atom. The summed E-state index contributed by atoms with van der Waals surface area (Å²) in [4.78, 5) is 23.8. The number of carbonyl (C=O) groups is 1. The van der Waals surface area contributed by atoms with Crippen LogP contribution in [0.5, 0.6) is 0 Å². The molecular formula is C20H16F2N2O3. The first-order valence-corrected chi connectivity index (χ1v) is 8.55. The van der Waals surface area contributed by atoms with E-state index in [1.807, 2.05) is 6.07 Å². The summed E-state index contributed by atoms with van der Waals surface area (Å²) in [5.74, 6) is -3.13. The molecule has 1 fully saturated rings. The van der Waals surface area contributed by atoms with Crippen LogP contribution in [0.4, 0.5) is 14.5 Å². The molecule has 1 saturated carbocycles. The van der Waals surface area contributed by atoms with E-state index in [1.54, 1.807) is 24.3 Å². The molecule has 7 heteroatoms. The number of nitrogens with zero attached hydrogens (tertiary/aromatic N) is 1. The van der Waals surface area contributed by atoms with E-state index in [2.05, 4.69) is 5.32 Å². The van der Waals surface area contributed by atoms with E-state index >= 15 is 4.39 Å². The number of para-hydroxylation sites is 1. The number of hydrogen-bond acceptors (Lipinski definition) is 3. The first-order valence-electron chi connectivity index (χ1n) is 8.55. The Kier molecular flexibility index (Phi) is 4.14. The Labute approximate surface area is 152 Å². The highest BCUT2D eigenvalue weighted by Gasteiger charge is 2.29. The number of rotatable bonds is 5. The van der Waals surface area contributed by atoms with Crippen LogP contribution in [0.1, 0.15) is 34.8 Å². The number of anilines is 1. The van der Waals surface area contributed by atoms with Gasteiger partial charge in [0, 0.05) is 30.0 Å². The van der Waals surface area contributed by atoms with Gasteiger partial charge in [0.05, 0.1) is 10.9 Å². The van der Waals surface area contributed by atoms with Crippen LogP contribution in [0.15, 0.2) is 47.4 Å². The number of hydrogen-bond donors (Lipinski definition) is 2. The van der Waals surface area contributed by atoms with E-state index in [-0.39, 0.29) is 29.1 Å². The molecule has 4 rings (SSSR count). The van der Waals surface area contributed by atoms with Crippen LogP contribution >= 0.6 is 0 Å². The van der Waals surface area contributed by atoms with Gasteiger partial charge in [0.2, 0.25) is 5.43 Å². The standard InChI is InChI=1S/C20H16F2N2O3/c21-16-8-13-18(17(22)14(16)9-23-11-4-2-1-3-5-11)24(12-6-7-12)10-15(19(13)25)20(26)27/h1-5,8,10,12,23H,6-7,9H2,(H,26,27). The van der Waals surface area contributed by atoms with Crippen molar-refractivity contribution in [2.45, 2.75) is 25.4 Å². The van der Waals surface area contributed by atoms with Gasteiger partial charge >= 0.3 is 5.97 Å². The second-order valence-corrected chi connectivity index (χ2v) is 6.58. The third-order valence-corrected chi connectivity index (χ3v) is 4.72. The lowest BCUT2D eigenvalue weighted by Gasteiger charge is -2.15. The summed E-state index contributed by atoms with van der Waals surface area (Å²) < 4.78 is 31.2. The van der Waals surface area contributed by atoms with Gasteiger partial charge in [-0.1, -0.05) is 18.2 Å². The smallest absolute Gasteiger partial charge is 0.341 e. The second-order valence-electron chi connectivity index (χ2n) is 6.58. The fourth-order valence-corrected chi connectivity index (χ4v) is 3.18. The Morgan fingerprint density at radius 3 is 2.56 bits per heavy atom. The van der Waals surface area contributed by atoms with Crippen molar-refractivity contribution >= 4 is 22.6 Å². The van der Waals surface area contributed by atoms with Crippen molar-refractivity contribution in [2.24, 2.45) is 0 Å². The molecule has 0 unspecified atom stereocenters. The van der Waals surface area contributed by atoms with Gasteiger partial charge in [-0.05, 0) is 31.0 Å². The maximum absolute atomic E-state index is 15.2. The normalized spacial score (nSPS) is 13.7. The van der Waals surface area contributed by atoms with Crippen LogP contribution in [0.25, 0.3) is 10.9 Å². The summed E-state index contributed by atoms with van der Waals surface area (Å²) in [7, 11) is 0. The van der Waals surface area contributed by atoms with Crippen LogP contribution in [-0.2, 0) is 6.54 Å². The summed E-state index contributed by atoms with van der Waals surface area (Å²) in [6, 6.07) is 9.83. The third kappa shape index (κ3) is 3.05. The van der Waals surface area contributed by atoms with E-state index in [0.717, 1.165) is 18.9 Å². The van der Waals surface area contributed by atoms with Crippen LogP contribution in [0, 0.1) is 11.6 Å². The molecular weight excluding hydrogens is 354 g/mol. The minimum Gasteiger partial charge on any atom is -0.477 e. The summed E-state index contributed by atoms with van der Waals surface area (Å²) in [5.41, 5.74) is -0.891. The predicted octanol–water partition coefficient (Wildman–Crippen LogP) is 3.92. The van der Waals surface area contributed by atoms with Crippen molar-refractivity contribution in [3.63, 3.8) is 0 Å². The Hall–Kier alpha value is -3.22. The van der Waals surface area contributed by atoms with E-state index in [4.69, 9.17) is 0 Å². The van der Waals surface area contributed by atoms with Gasteiger partial charge in [-0.2, -0.15) is 0 Å². The topological polar surface area (TPSA) is 71.3 Å². The number of aromatic carboxylic acids is 1. The van der Waals surface area contributed by atoms with Crippen molar-refractivity contribution in [1.29, 1.82) is 0 Å². The highest BCUT2D eigenvalue weighted by molar-refractivity contribution is 5.93. The number of carboxylic acids is 1. The zero-order valence-electron chi connectivity index (χ0n) is 14.2. The lowest BCUT2D eigenvalue weighted by atomic mass is 10.1. The number of aromatic nitrogens is 1. The summed E-state index contributed by atoms with van der Waals surface area (Å²) >= 11 is 0. The van der Waals surface area contributed by atoms with Crippen molar-refractivity contribution in [1.82, 2.24) is 4.57 Å². The van der Waals surface area contributed by atoms with Crippen LogP contribution in [0.3, 0.4) is 0 Å². The first kappa shape index (κ1) is 17.2. The molecule has 0 aliphatic heterocycles. The summed E-state index contributed by atoms with van der Waals surface area (Å²) in [6.07, 6.45) is 2.68. The molecule has 2 aromatic carbocycles. The predicted molar refractivity (Wildman–Crippen MR) is 97.1 cm³/mol. The first-order chi connectivity index (χ1) is 13.0. The maximum atomic E-state index is 15.2. The monoisotopic (exact) mass is 370 g/mol. The van der Waals surface area contributed by atoms with Gasteiger partial charge in [-0.3, -0.25) is 4.79 Å². The van der Waals surface area contributed by atoms with E-state index in [1.165, 1.54) is 10.8 Å². The maximum Gasteiger partial charge on any atom is 0.341 e. The quantitative estimate of drug-likeness (QED) is 0.714. The average Bonchev–Trinajstić information content (AvgIpc) is 3.48. The van der Waals surface area contributed by atoms with Crippen molar-refractivity contribution in [2.75, 3.05) is 5.32 Å². The molecule has 1 aromatic heterocycles. The molecule has 27 heavy (non-hydrogen) atoms. The van der Waals surface area contributed by atoms with Gasteiger partial charge < -0.3 is 15.0 Å². The van der Waals surface area contributed by atoms with Crippen molar-refractivity contribution in [3.8, 4) is 0 Å². The molecule has 3 aromatic rings. The molecule has 138 valence electrons. The van der Waals surface area contributed by atoms with Gasteiger partial charge in [-0.15, -0.1) is 0 Å². The lowest BCUT2D eigenvalue weighted by molar-refractivity contribution is 0.0695. The fraction of sp³-hybridized carbons (Fsp3) is 0.200. The highest BCUT2D eigenvalue weighted by atomic mass is 19.1. The molecule has 2 N–H and O–H groups in total. The van der Waals surface area contributed by atoms with E-state index < -0.39 is 28.6 Å². The van der Waals surface area contributed by atoms with Gasteiger partial charge in [-0.25, -0.2) is 13.6 Å². The minimum absolute atomic E-state index is 0.0428. The third-order valence-electron chi connectivity index (χ3n) is 4.72. The SMILES string of the molecule is O=C(O)c1cn(C2CC2)c2c(F)c(CNc3ccccc3)c(F)cc2c1=O. The Morgan fingerprint density at radius 1 is 1.22 bits per heavy atom. The molecule has 0 atom stereocenters. The molecule has 0 bridgehead atoms. The molecule has 1 aliphatic carbocycles. The van der Waals surface area contributed by atoms with E-state index in [0.29, 0.717) is 5.69 Å². The largest absolute Gasteiger partial charge is 0.477 e. The van der Waals surface area contributed by atoms with Gasteiger partial charge in [0.25, 0.3) is 0 Å². The zero-order valence-corrected chi connectivity index (χ0v) is 14.2. The summed E-state index contributed by atoms with van der Waals surface area (Å²) in [5, 5.41) is 11.9. The molecule has 0 spiro atoms. The molecule has 1 aliphatic rings. The number of nitrogens with one attached hydrogen (secondary N) is 1. The molecule has 0 amide bonds. The second kappa shape index (κ2) is 6.50.